The lowest BCUT2D eigenvalue weighted by Gasteiger charge is -2.27. The van der Waals surface area contributed by atoms with Gasteiger partial charge in [0.25, 0.3) is 0 Å². The van der Waals surface area contributed by atoms with Gasteiger partial charge < -0.3 is 10.1 Å². The number of amides is 1. The van der Waals surface area contributed by atoms with Crippen molar-refractivity contribution in [2.75, 3.05) is 7.11 Å². The standard InChI is InChI=1S/C15H19N3O3S/c1-9-8-22-14-16-11(7-18(9)14)6-12(19)17-15(2,10-4-5-10)13(20)21-3/h7-8,10H,4-6H2,1-3H3,(H,17,19). The normalized spacial score (nSPS) is 17.2. The molecule has 1 aliphatic carbocycles. The predicted molar refractivity (Wildman–Crippen MR) is 82.8 cm³/mol. The summed E-state index contributed by atoms with van der Waals surface area (Å²) in [4.78, 5) is 29.6. The molecular formula is C15H19N3O3S. The van der Waals surface area contributed by atoms with Crippen LogP contribution in [0.1, 0.15) is 31.2 Å². The van der Waals surface area contributed by atoms with E-state index in [0.29, 0.717) is 5.69 Å². The summed E-state index contributed by atoms with van der Waals surface area (Å²) in [5.74, 6) is -0.426. The van der Waals surface area contributed by atoms with Crippen molar-refractivity contribution in [3.8, 4) is 0 Å². The lowest BCUT2D eigenvalue weighted by molar-refractivity contribution is -0.151. The smallest absolute Gasteiger partial charge is 0.331 e. The highest BCUT2D eigenvalue weighted by Gasteiger charge is 2.49. The summed E-state index contributed by atoms with van der Waals surface area (Å²) >= 11 is 1.54. The van der Waals surface area contributed by atoms with E-state index < -0.39 is 5.54 Å². The molecule has 1 aliphatic rings. The number of imidazole rings is 1. The number of carbonyl (C=O) groups excluding carboxylic acids is 2. The first-order valence-corrected chi connectivity index (χ1v) is 8.13. The summed E-state index contributed by atoms with van der Waals surface area (Å²) in [6, 6.07) is 0. The fraction of sp³-hybridized carbons (Fsp3) is 0.533. The highest BCUT2D eigenvalue weighted by atomic mass is 32.1. The number of esters is 1. The molecule has 3 rings (SSSR count). The van der Waals surface area contributed by atoms with Crippen LogP contribution in [0.5, 0.6) is 0 Å². The Balaban J connectivity index is 1.72. The van der Waals surface area contributed by atoms with Gasteiger partial charge >= 0.3 is 5.97 Å². The van der Waals surface area contributed by atoms with Crippen LogP contribution in [-0.4, -0.2) is 33.9 Å². The molecule has 0 radical (unpaired) electrons. The molecule has 22 heavy (non-hydrogen) atoms. The van der Waals surface area contributed by atoms with E-state index >= 15 is 0 Å². The van der Waals surface area contributed by atoms with E-state index in [1.165, 1.54) is 7.11 Å². The van der Waals surface area contributed by atoms with Crippen LogP contribution in [0.15, 0.2) is 11.6 Å². The average Bonchev–Trinajstić information content (AvgIpc) is 3.19. The van der Waals surface area contributed by atoms with E-state index in [9.17, 15) is 9.59 Å². The Hall–Kier alpha value is -1.89. The van der Waals surface area contributed by atoms with Crippen molar-refractivity contribution in [2.24, 2.45) is 5.92 Å². The average molecular weight is 321 g/mol. The summed E-state index contributed by atoms with van der Waals surface area (Å²) in [6.45, 7) is 3.74. The molecule has 0 aliphatic heterocycles. The van der Waals surface area contributed by atoms with Crippen molar-refractivity contribution >= 4 is 28.2 Å². The molecule has 2 heterocycles. The minimum atomic E-state index is -0.932. The number of hydrogen-bond donors (Lipinski definition) is 1. The minimum absolute atomic E-state index is 0.160. The fourth-order valence-electron chi connectivity index (χ4n) is 2.72. The van der Waals surface area contributed by atoms with Crippen molar-refractivity contribution in [3.63, 3.8) is 0 Å². The molecule has 2 aromatic heterocycles. The van der Waals surface area contributed by atoms with Gasteiger partial charge in [0.2, 0.25) is 5.91 Å². The molecule has 1 N–H and O–H groups in total. The number of rotatable bonds is 5. The van der Waals surface area contributed by atoms with Crippen LogP contribution in [0, 0.1) is 12.8 Å². The van der Waals surface area contributed by atoms with E-state index in [-0.39, 0.29) is 24.2 Å². The van der Waals surface area contributed by atoms with Crippen molar-refractivity contribution in [2.45, 2.75) is 38.6 Å². The number of carbonyl (C=O) groups is 2. The lowest BCUT2D eigenvalue weighted by Crippen LogP contribution is -2.55. The molecule has 0 spiro atoms. The van der Waals surface area contributed by atoms with Crippen molar-refractivity contribution in [3.05, 3.63) is 23.0 Å². The van der Waals surface area contributed by atoms with Crippen LogP contribution in [-0.2, 0) is 20.7 Å². The van der Waals surface area contributed by atoms with E-state index in [1.807, 2.05) is 22.9 Å². The number of hydrogen-bond acceptors (Lipinski definition) is 5. The SMILES string of the molecule is COC(=O)C(C)(NC(=O)Cc1cn2c(C)csc2n1)C1CC1. The maximum absolute atomic E-state index is 12.3. The van der Waals surface area contributed by atoms with Crippen LogP contribution in [0.4, 0.5) is 0 Å². The number of aryl methyl sites for hydroxylation is 1. The van der Waals surface area contributed by atoms with Crippen molar-refractivity contribution in [1.29, 1.82) is 0 Å². The molecular weight excluding hydrogens is 302 g/mol. The largest absolute Gasteiger partial charge is 0.467 e. The van der Waals surface area contributed by atoms with E-state index in [2.05, 4.69) is 10.3 Å². The molecule has 1 fully saturated rings. The minimum Gasteiger partial charge on any atom is -0.467 e. The molecule has 2 aromatic rings. The number of ether oxygens (including phenoxy) is 1. The quantitative estimate of drug-likeness (QED) is 0.851. The van der Waals surface area contributed by atoms with Crippen LogP contribution in [0.25, 0.3) is 4.96 Å². The fourth-order valence-corrected chi connectivity index (χ4v) is 3.59. The van der Waals surface area contributed by atoms with Gasteiger partial charge in [0, 0.05) is 17.3 Å². The molecule has 0 bridgehead atoms. The lowest BCUT2D eigenvalue weighted by atomic mass is 9.95. The third-order valence-electron chi connectivity index (χ3n) is 4.18. The summed E-state index contributed by atoms with van der Waals surface area (Å²) in [6.07, 6.45) is 3.90. The highest BCUT2D eigenvalue weighted by molar-refractivity contribution is 7.15. The van der Waals surface area contributed by atoms with Crippen LogP contribution >= 0.6 is 11.3 Å². The first kappa shape index (κ1) is 15.0. The van der Waals surface area contributed by atoms with Gasteiger partial charge in [-0.1, -0.05) is 0 Å². The maximum Gasteiger partial charge on any atom is 0.331 e. The first-order chi connectivity index (χ1) is 10.4. The highest BCUT2D eigenvalue weighted by Crippen LogP contribution is 2.40. The third kappa shape index (κ3) is 2.61. The third-order valence-corrected chi connectivity index (χ3v) is 5.14. The monoisotopic (exact) mass is 321 g/mol. The maximum atomic E-state index is 12.3. The van der Waals surface area contributed by atoms with Gasteiger partial charge in [-0.15, -0.1) is 11.3 Å². The zero-order valence-electron chi connectivity index (χ0n) is 12.9. The summed E-state index contributed by atoms with van der Waals surface area (Å²) in [5.41, 5.74) is 0.866. The van der Waals surface area contributed by atoms with Crippen LogP contribution in [0.3, 0.4) is 0 Å². The Labute approximate surface area is 132 Å². The molecule has 7 heteroatoms. The second-order valence-corrected chi connectivity index (χ2v) is 6.79. The second-order valence-electron chi connectivity index (χ2n) is 5.96. The van der Waals surface area contributed by atoms with Crippen LogP contribution in [0.2, 0.25) is 0 Å². The molecule has 1 atom stereocenters. The predicted octanol–water partition coefficient (Wildman–Crippen LogP) is 1.70. The Morgan fingerprint density at radius 2 is 2.27 bits per heavy atom. The van der Waals surface area contributed by atoms with E-state index in [4.69, 9.17) is 4.74 Å². The topological polar surface area (TPSA) is 72.7 Å². The molecule has 1 amide bonds. The Morgan fingerprint density at radius 3 is 2.86 bits per heavy atom. The van der Waals surface area contributed by atoms with Crippen molar-refractivity contribution in [1.82, 2.24) is 14.7 Å². The Morgan fingerprint density at radius 1 is 1.55 bits per heavy atom. The first-order valence-electron chi connectivity index (χ1n) is 7.25. The summed E-state index contributed by atoms with van der Waals surface area (Å²) in [7, 11) is 1.35. The molecule has 6 nitrogen and oxygen atoms in total. The number of aromatic nitrogens is 2. The number of methoxy groups -OCH3 is 1. The number of fused-ring (bicyclic) bond motifs is 1. The van der Waals surface area contributed by atoms with Gasteiger partial charge in [-0.05, 0) is 32.6 Å². The van der Waals surface area contributed by atoms with E-state index in [0.717, 1.165) is 23.5 Å². The molecule has 118 valence electrons. The Bertz CT molecular complexity index is 732. The Kier molecular flexibility index (Phi) is 3.68. The van der Waals surface area contributed by atoms with Gasteiger partial charge in [0.15, 0.2) is 4.96 Å². The molecule has 1 unspecified atom stereocenters. The van der Waals surface area contributed by atoms with Gasteiger partial charge in [-0.2, -0.15) is 0 Å². The molecule has 1 saturated carbocycles. The summed E-state index contributed by atoms with van der Waals surface area (Å²) in [5, 5.41) is 4.87. The molecule has 0 saturated heterocycles. The molecule has 0 aromatic carbocycles. The second kappa shape index (κ2) is 5.39. The number of nitrogens with one attached hydrogen (secondary N) is 1. The van der Waals surface area contributed by atoms with Gasteiger partial charge in [0.05, 0.1) is 19.2 Å². The number of thiazole rings is 1. The van der Waals surface area contributed by atoms with Crippen LogP contribution < -0.4 is 5.32 Å². The van der Waals surface area contributed by atoms with Crippen molar-refractivity contribution < 1.29 is 14.3 Å². The number of nitrogens with zero attached hydrogens (tertiary/aromatic N) is 2. The van der Waals surface area contributed by atoms with Gasteiger partial charge in [0.1, 0.15) is 5.54 Å². The van der Waals surface area contributed by atoms with E-state index in [1.54, 1.807) is 18.3 Å². The zero-order valence-corrected chi connectivity index (χ0v) is 13.7. The zero-order chi connectivity index (χ0) is 15.9. The van der Waals surface area contributed by atoms with Gasteiger partial charge in [-0.25, -0.2) is 9.78 Å². The van der Waals surface area contributed by atoms with Gasteiger partial charge in [-0.3, -0.25) is 9.20 Å². The summed E-state index contributed by atoms with van der Waals surface area (Å²) < 4.78 is 6.81.